The highest BCUT2D eigenvalue weighted by Gasteiger charge is 2.47. The Balaban J connectivity index is 0.00000186. The van der Waals surface area contributed by atoms with E-state index in [-0.39, 0.29) is 36.4 Å². The molecule has 2 aliphatic rings. The summed E-state index contributed by atoms with van der Waals surface area (Å²) in [6.45, 7) is 16.1. The Bertz CT molecular complexity index is 1810. The molecule has 0 bridgehead atoms. The number of rotatable bonds is 64. The van der Waals surface area contributed by atoms with Crippen molar-refractivity contribution in [2.75, 3.05) is 61.4 Å². The van der Waals surface area contributed by atoms with Gasteiger partial charge in [0.05, 0.1) is 0 Å². The van der Waals surface area contributed by atoms with Crippen molar-refractivity contribution >= 4 is 11.9 Å². The van der Waals surface area contributed by atoms with Gasteiger partial charge in [-0.1, -0.05) is 280 Å². The third-order valence-electron chi connectivity index (χ3n) is 18.4. The van der Waals surface area contributed by atoms with Gasteiger partial charge in [-0.05, 0) is 189 Å². The van der Waals surface area contributed by atoms with Crippen LogP contribution in [0, 0.1) is 0 Å². The van der Waals surface area contributed by atoms with Gasteiger partial charge in [0, 0.05) is 51.9 Å². The quantitative estimate of drug-likeness (QED) is 0.0336. The van der Waals surface area contributed by atoms with Crippen LogP contribution in [0.25, 0.3) is 0 Å². The SMILES string of the molecule is CC.CCCCC/C=C\C/C=C\CCCCCCCC(=O)O[C@H]1CN(C)C[C@H]1OC(=O)CCCCCCC/C=C\C/C=C\CCCCC.CCCCC/C=C\C/C=C\CCCCCCCCC1(CCCCCCCC/C=C\C/C=C\CCCCC)O[C@@H](CN(C)C)[C@H](CN(C)C)O1. The first-order valence-electron chi connectivity index (χ1n) is 41.4. The largest absolute Gasteiger partial charge is 0.457 e. The molecule has 0 saturated carbocycles. The maximum Gasteiger partial charge on any atom is 0.306 e. The normalized spacial score (nSPS) is 17.5. The van der Waals surface area contributed by atoms with E-state index in [1.165, 1.54) is 218 Å². The zero-order valence-corrected chi connectivity index (χ0v) is 66.0. The number of ether oxygens (including phenoxy) is 4. The van der Waals surface area contributed by atoms with Crippen molar-refractivity contribution in [3.63, 3.8) is 0 Å². The summed E-state index contributed by atoms with van der Waals surface area (Å²) in [5.74, 6) is -0.729. The summed E-state index contributed by atoms with van der Waals surface area (Å²) >= 11 is 0. The minimum Gasteiger partial charge on any atom is -0.457 e. The smallest absolute Gasteiger partial charge is 0.306 e. The average molecular weight is 1360 g/mol. The van der Waals surface area contributed by atoms with Gasteiger partial charge in [-0.25, -0.2) is 0 Å². The van der Waals surface area contributed by atoms with Gasteiger partial charge in [0.15, 0.2) is 18.0 Å². The Morgan fingerprint density at radius 3 is 0.825 bits per heavy atom. The fraction of sp³-hybridized carbons (Fsp3) is 0.795. The summed E-state index contributed by atoms with van der Waals surface area (Å²) in [5, 5.41) is 0. The zero-order valence-electron chi connectivity index (χ0n) is 66.0. The number of carbonyl (C=O) groups is 2. The van der Waals surface area contributed by atoms with Crippen LogP contribution in [0.2, 0.25) is 0 Å². The van der Waals surface area contributed by atoms with Crippen molar-refractivity contribution < 1.29 is 28.5 Å². The minimum atomic E-state index is -0.397. The molecule has 2 rings (SSSR count). The topological polar surface area (TPSA) is 80.8 Å². The number of likely N-dealkylation sites (tertiary alicyclic amines) is 1. The van der Waals surface area contributed by atoms with E-state index < -0.39 is 5.79 Å². The summed E-state index contributed by atoms with van der Waals surface area (Å²) in [6.07, 6.45) is 96.0. The number of likely N-dealkylation sites (N-methyl/N-ethyl adjacent to an activating group) is 3. The Morgan fingerprint density at radius 1 is 0.351 bits per heavy atom. The molecule has 0 N–H and O–H groups in total. The third-order valence-corrected chi connectivity index (χ3v) is 18.4. The number of unbranched alkanes of at least 4 members (excludes halogenated alkanes) is 34. The van der Waals surface area contributed by atoms with E-state index in [2.05, 4.69) is 168 Å². The van der Waals surface area contributed by atoms with Crippen LogP contribution in [-0.2, 0) is 28.5 Å². The molecule has 2 heterocycles. The molecule has 0 spiro atoms. The third kappa shape index (κ3) is 62.2. The van der Waals surface area contributed by atoms with Gasteiger partial charge in [-0.15, -0.1) is 0 Å². The van der Waals surface area contributed by atoms with Gasteiger partial charge in [0.1, 0.15) is 12.2 Å². The molecule has 0 aliphatic carbocycles. The standard InChI is InChI=1S/C45H84N2O2.C41H71NO4.C2H6/c1-7-9-11-13-15-17-19-21-23-25-27-29-31-33-35-37-39-45(48-43(41-46(3)4)44(49-45)42-47(5)6)40-38-36-34-32-30-28-26-24-22-20-18-16-14-12-10-8-2;1-4-6-8-10-12-14-16-18-20-22-24-26-28-30-32-34-40(43)45-38-36-42(3)37-39(38)46-41(44)35-33-31-29-27-25-23-21-19-17-15-13-11-9-7-5-2;1-2/h15-18,21-24,43-44H,7-14,19-20,25-42H2,1-6H3;12-15,18-21,38-39H,4-11,16-17,22-37H2,1-3H3;1-2H3/b17-15-,18-16-,23-21-,24-22-;14-12-,15-13-,20-18-,21-19-;/t43-,44-;38-,39+;/m0../s1. The molecule has 9 heteroatoms. The predicted molar refractivity (Wildman–Crippen MR) is 425 cm³/mol. The molecule has 0 aromatic carbocycles. The number of allylic oxidation sites excluding steroid dienone is 16. The monoisotopic (exact) mass is 1360 g/mol. The lowest BCUT2D eigenvalue weighted by molar-refractivity contribution is -0.188. The number of carbonyl (C=O) groups excluding carboxylic acids is 2. The Morgan fingerprint density at radius 2 is 0.577 bits per heavy atom. The van der Waals surface area contributed by atoms with Gasteiger partial charge < -0.3 is 28.7 Å². The molecule has 564 valence electrons. The van der Waals surface area contributed by atoms with Crippen molar-refractivity contribution in [3.05, 3.63) is 97.2 Å². The predicted octanol–water partition coefficient (Wildman–Crippen LogP) is 25.4. The molecule has 0 aromatic heterocycles. The van der Waals surface area contributed by atoms with E-state index in [0.29, 0.717) is 25.9 Å². The second-order valence-corrected chi connectivity index (χ2v) is 28.7. The fourth-order valence-electron chi connectivity index (χ4n) is 12.7. The van der Waals surface area contributed by atoms with Gasteiger partial charge in [0.25, 0.3) is 0 Å². The molecule has 9 nitrogen and oxygen atoms in total. The lowest BCUT2D eigenvalue weighted by Gasteiger charge is -2.29. The number of hydrogen-bond acceptors (Lipinski definition) is 9. The zero-order chi connectivity index (χ0) is 71.0. The molecule has 4 atom stereocenters. The molecule has 2 saturated heterocycles. The van der Waals surface area contributed by atoms with Crippen LogP contribution >= 0.6 is 0 Å². The minimum absolute atomic E-state index is 0.145. The second-order valence-electron chi connectivity index (χ2n) is 28.7. The second kappa shape index (κ2) is 72.4. The van der Waals surface area contributed by atoms with E-state index >= 15 is 0 Å². The molecular weight excluding hydrogens is 1190 g/mol. The van der Waals surface area contributed by atoms with Gasteiger partial charge >= 0.3 is 11.9 Å². The number of nitrogens with zero attached hydrogens (tertiary/aromatic N) is 3. The molecule has 2 aliphatic heterocycles. The lowest BCUT2D eigenvalue weighted by atomic mass is 9.98. The molecule has 0 aromatic rings. The molecule has 0 unspecified atom stereocenters. The highest BCUT2D eigenvalue weighted by molar-refractivity contribution is 5.70. The van der Waals surface area contributed by atoms with Gasteiger partial charge in [-0.2, -0.15) is 0 Å². The van der Waals surface area contributed by atoms with Crippen molar-refractivity contribution in [3.8, 4) is 0 Å². The Labute approximate surface area is 603 Å². The van der Waals surface area contributed by atoms with Crippen LogP contribution in [0.15, 0.2) is 97.2 Å². The molecule has 0 amide bonds. The molecule has 97 heavy (non-hydrogen) atoms. The Kier molecular flexibility index (Phi) is 70.0. The van der Waals surface area contributed by atoms with E-state index in [1.807, 2.05) is 20.9 Å². The van der Waals surface area contributed by atoms with Crippen LogP contribution in [0.1, 0.15) is 363 Å². The first-order chi connectivity index (χ1) is 47.5. The van der Waals surface area contributed by atoms with E-state index in [9.17, 15) is 9.59 Å². The van der Waals surface area contributed by atoms with Crippen molar-refractivity contribution in [1.29, 1.82) is 0 Å². The fourth-order valence-corrected chi connectivity index (χ4v) is 12.7. The summed E-state index contributed by atoms with van der Waals surface area (Å²) in [6, 6.07) is 0. The number of hydrogen-bond donors (Lipinski definition) is 0. The van der Waals surface area contributed by atoms with Gasteiger partial charge in [-0.3, -0.25) is 14.5 Å². The van der Waals surface area contributed by atoms with E-state index in [0.717, 1.165) is 103 Å². The van der Waals surface area contributed by atoms with Crippen molar-refractivity contribution in [1.82, 2.24) is 14.7 Å². The Hall–Kier alpha value is -3.34. The summed E-state index contributed by atoms with van der Waals surface area (Å²) in [5.41, 5.74) is 0. The molecule has 2 fully saturated rings. The van der Waals surface area contributed by atoms with Crippen LogP contribution < -0.4 is 0 Å². The van der Waals surface area contributed by atoms with Crippen LogP contribution in [0.3, 0.4) is 0 Å². The van der Waals surface area contributed by atoms with Crippen LogP contribution in [-0.4, -0.2) is 118 Å². The summed E-state index contributed by atoms with van der Waals surface area (Å²) in [4.78, 5) is 31.6. The number of esters is 2. The average Bonchev–Trinajstić information content (AvgIpc) is 1.66. The first-order valence-corrected chi connectivity index (χ1v) is 41.4. The van der Waals surface area contributed by atoms with Crippen LogP contribution in [0.5, 0.6) is 0 Å². The van der Waals surface area contributed by atoms with Crippen molar-refractivity contribution in [2.24, 2.45) is 0 Å². The van der Waals surface area contributed by atoms with E-state index in [1.54, 1.807) is 0 Å². The van der Waals surface area contributed by atoms with Gasteiger partial charge in [0.2, 0.25) is 0 Å². The maximum absolute atomic E-state index is 12.5. The summed E-state index contributed by atoms with van der Waals surface area (Å²) in [7, 11) is 10.6. The lowest BCUT2D eigenvalue weighted by Crippen LogP contribution is -2.39. The highest BCUT2D eigenvalue weighted by atomic mass is 16.8. The highest BCUT2D eigenvalue weighted by Crippen LogP contribution is 2.38. The van der Waals surface area contributed by atoms with Crippen LogP contribution in [0.4, 0.5) is 0 Å². The first kappa shape index (κ1) is 93.7. The summed E-state index contributed by atoms with van der Waals surface area (Å²) < 4.78 is 25.3. The van der Waals surface area contributed by atoms with Crippen molar-refractivity contribution in [2.45, 2.75) is 393 Å². The maximum atomic E-state index is 12.5. The van der Waals surface area contributed by atoms with E-state index in [4.69, 9.17) is 18.9 Å². The molecular formula is C88H161N3O6. The molecule has 0 radical (unpaired) electrons.